The molecule has 2 aliphatic rings. The smallest absolute Gasteiger partial charge is 0.261 e. The van der Waals surface area contributed by atoms with Crippen LogP contribution in [-0.4, -0.2) is 52.7 Å². The summed E-state index contributed by atoms with van der Waals surface area (Å²) < 4.78 is 0. The van der Waals surface area contributed by atoms with Crippen LogP contribution in [0.25, 0.3) is 0 Å². The number of carbonyl (C=O) groups is 4. The molecule has 136 valence electrons. The van der Waals surface area contributed by atoms with Gasteiger partial charge in [0.05, 0.1) is 17.7 Å². The van der Waals surface area contributed by atoms with Crippen molar-refractivity contribution in [3.05, 3.63) is 35.4 Å². The summed E-state index contributed by atoms with van der Waals surface area (Å²) in [5, 5.41) is 6.74. The molecule has 2 N–H and O–H groups in total. The third kappa shape index (κ3) is 3.22. The van der Waals surface area contributed by atoms with Gasteiger partial charge in [-0.3, -0.25) is 29.5 Å². The molecule has 3 rings (SSSR count). The van der Waals surface area contributed by atoms with Crippen molar-refractivity contribution in [2.24, 2.45) is 5.10 Å². The number of rotatable bonds is 6. The van der Waals surface area contributed by atoms with Crippen molar-refractivity contribution < 1.29 is 19.2 Å². The van der Waals surface area contributed by atoms with Gasteiger partial charge >= 0.3 is 0 Å². The van der Waals surface area contributed by atoms with Crippen LogP contribution < -0.4 is 10.7 Å². The van der Waals surface area contributed by atoms with E-state index in [1.807, 2.05) is 13.8 Å². The average molecular weight is 356 g/mol. The molecule has 0 aliphatic carbocycles. The number of benzene rings is 1. The predicted molar refractivity (Wildman–Crippen MR) is 93.7 cm³/mol. The minimum Gasteiger partial charge on any atom is -0.352 e. The molecule has 2 atom stereocenters. The van der Waals surface area contributed by atoms with Crippen molar-refractivity contribution >= 4 is 29.2 Å². The van der Waals surface area contributed by atoms with E-state index < -0.39 is 23.6 Å². The lowest BCUT2D eigenvalue weighted by Crippen LogP contribution is -2.44. The molecule has 2 unspecified atom stereocenters. The maximum absolute atomic E-state index is 12.4. The summed E-state index contributed by atoms with van der Waals surface area (Å²) in [6, 6.07) is 5.86. The first kappa shape index (κ1) is 17.8. The van der Waals surface area contributed by atoms with Gasteiger partial charge in [-0.2, -0.15) is 5.10 Å². The summed E-state index contributed by atoms with van der Waals surface area (Å²) in [7, 11) is 0. The molecule has 0 fully saturated rings. The maximum Gasteiger partial charge on any atom is 0.261 e. The number of amides is 3. The van der Waals surface area contributed by atoms with E-state index in [4.69, 9.17) is 0 Å². The van der Waals surface area contributed by atoms with Gasteiger partial charge in [0.1, 0.15) is 11.8 Å². The molecule has 0 radical (unpaired) electrons. The Morgan fingerprint density at radius 3 is 2.46 bits per heavy atom. The normalized spacial score (nSPS) is 19.7. The highest BCUT2D eigenvalue weighted by Gasteiger charge is 2.38. The molecule has 8 heteroatoms. The highest BCUT2D eigenvalue weighted by molar-refractivity contribution is 6.42. The number of hydrazone groups is 1. The van der Waals surface area contributed by atoms with Crippen LogP contribution in [0, 0.1) is 0 Å². The van der Waals surface area contributed by atoms with Crippen LogP contribution >= 0.6 is 0 Å². The summed E-state index contributed by atoms with van der Waals surface area (Å²) in [6.45, 7) is 3.47. The summed E-state index contributed by atoms with van der Waals surface area (Å²) in [4.78, 5) is 50.1. The predicted octanol–water partition coefficient (Wildman–Crippen LogP) is 0.484. The van der Waals surface area contributed by atoms with Crippen molar-refractivity contribution in [2.45, 2.75) is 38.8 Å². The summed E-state index contributed by atoms with van der Waals surface area (Å²) in [5.74, 6) is -1.66. The lowest BCUT2D eigenvalue weighted by molar-refractivity contribution is -0.123. The third-order valence-corrected chi connectivity index (χ3v) is 4.57. The van der Waals surface area contributed by atoms with Crippen LogP contribution in [0.15, 0.2) is 29.4 Å². The number of nitrogens with one attached hydrogen (secondary N) is 2. The zero-order valence-corrected chi connectivity index (χ0v) is 14.6. The number of nitrogens with zero attached hydrogens (tertiary/aromatic N) is 2. The van der Waals surface area contributed by atoms with Crippen molar-refractivity contribution in [1.29, 1.82) is 0 Å². The number of Topliss-reactive ketones (excluding diaryl/α,β-unsaturated/α-hetero) is 1. The molecule has 1 aromatic rings. The van der Waals surface area contributed by atoms with Crippen molar-refractivity contribution in [2.75, 3.05) is 6.54 Å². The number of imide groups is 1. The molecule has 0 bridgehead atoms. The van der Waals surface area contributed by atoms with E-state index in [1.54, 1.807) is 24.3 Å². The zero-order valence-electron chi connectivity index (χ0n) is 14.6. The second kappa shape index (κ2) is 7.07. The number of hydrogen-bond acceptors (Lipinski definition) is 6. The third-order valence-electron chi connectivity index (χ3n) is 4.57. The Morgan fingerprint density at radius 2 is 1.88 bits per heavy atom. The SMILES string of the molecule is CCC(C)NC(=O)C1CC(C(=O)CN2C(=O)c3ccccc3C2=O)=NN1. The topological polar surface area (TPSA) is 108 Å². The van der Waals surface area contributed by atoms with Gasteiger partial charge in [-0.1, -0.05) is 19.1 Å². The molecule has 2 aliphatic heterocycles. The monoisotopic (exact) mass is 356 g/mol. The van der Waals surface area contributed by atoms with E-state index in [-0.39, 0.29) is 30.6 Å². The van der Waals surface area contributed by atoms with Crippen molar-refractivity contribution in [3.63, 3.8) is 0 Å². The summed E-state index contributed by atoms with van der Waals surface area (Å²) in [6.07, 6.45) is 0.926. The number of hydrogen-bond donors (Lipinski definition) is 2. The molecule has 0 spiro atoms. The Kier molecular flexibility index (Phi) is 4.83. The van der Waals surface area contributed by atoms with Crippen LogP contribution in [0.3, 0.4) is 0 Å². The largest absolute Gasteiger partial charge is 0.352 e. The van der Waals surface area contributed by atoms with E-state index in [1.165, 1.54) is 0 Å². The van der Waals surface area contributed by atoms with Gasteiger partial charge in [0.25, 0.3) is 11.8 Å². The fourth-order valence-corrected chi connectivity index (χ4v) is 2.83. The zero-order chi connectivity index (χ0) is 18.8. The van der Waals surface area contributed by atoms with E-state index >= 15 is 0 Å². The van der Waals surface area contributed by atoms with Gasteiger partial charge in [-0.05, 0) is 25.5 Å². The van der Waals surface area contributed by atoms with Gasteiger partial charge in [0.2, 0.25) is 5.91 Å². The van der Waals surface area contributed by atoms with Gasteiger partial charge in [-0.25, -0.2) is 0 Å². The van der Waals surface area contributed by atoms with Crippen LogP contribution in [0.5, 0.6) is 0 Å². The second-order valence-electron chi connectivity index (χ2n) is 6.43. The van der Waals surface area contributed by atoms with Gasteiger partial charge in [0.15, 0.2) is 5.78 Å². The average Bonchev–Trinajstić information content (AvgIpc) is 3.22. The van der Waals surface area contributed by atoms with Crippen molar-refractivity contribution in [3.8, 4) is 0 Å². The lowest BCUT2D eigenvalue weighted by Gasteiger charge is -2.15. The summed E-state index contributed by atoms with van der Waals surface area (Å²) in [5.41, 5.74) is 3.39. The minimum atomic E-state index is -0.620. The number of fused-ring (bicyclic) bond motifs is 1. The second-order valence-corrected chi connectivity index (χ2v) is 6.43. The Bertz CT molecular complexity index is 782. The fourth-order valence-electron chi connectivity index (χ4n) is 2.83. The molecule has 1 aromatic carbocycles. The fraction of sp³-hybridized carbons (Fsp3) is 0.389. The molecule has 0 saturated heterocycles. The van der Waals surface area contributed by atoms with E-state index in [0.29, 0.717) is 11.1 Å². The molecule has 3 amide bonds. The minimum absolute atomic E-state index is 0.0300. The quantitative estimate of drug-likeness (QED) is 0.721. The van der Waals surface area contributed by atoms with E-state index in [9.17, 15) is 19.2 Å². The Morgan fingerprint density at radius 1 is 1.27 bits per heavy atom. The Labute approximate surface area is 150 Å². The molecule has 2 heterocycles. The standard InChI is InChI=1S/C18H20N4O4/c1-3-10(2)19-16(24)14-8-13(20-21-14)15(23)9-22-17(25)11-6-4-5-7-12(11)18(22)26/h4-7,10,14,21H,3,8-9H2,1-2H3,(H,19,24). The first-order valence-electron chi connectivity index (χ1n) is 8.53. The number of carbonyl (C=O) groups excluding carboxylic acids is 4. The molecule has 26 heavy (non-hydrogen) atoms. The van der Waals surface area contributed by atoms with Crippen LogP contribution in [0.1, 0.15) is 47.4 Å². The summed E-state index contributed by atoms with van der Waals surface area (Å²) >= 11 is 0. The van der Waals surface area contributed by atoms with E-state index in [2.05, 4.69) is 15.8 Å². The van der Waals surface area contributed by atoms with Gasteiger partial charge in [-0.15, -0.1) is 0 Å². The van der Waals surface area contributed by atoms with Gasteiger partial charge in [0, 0.05) is 12.5 Å². The molecule has 0 aromatic heterocycles. The lowest BCUT2D eigenvalue weighted by atomic mass is 10.1. The Balaban J connectivity index is 1.61. The van der Waals surface area contributed by atoms with Gasteiger partial charge < -0.3 is 5.32 Å². The molecule has 8 nitrogen and oxygen atoms in total. The first-order valence-corrected chi connectivity index (χ1v) is 8.53. The van der Waals surface area contributed by atoms with Crippen LogP contribution in [0.2, 0.25) is 0 Å². The van der Waals surface area contributed by atoms with Crippen molar-refractivity contribution in [1.82, 2.24) is 15.6 Å². The molecule has 0 saturated carbocycles. The highest BCUT2D eigenvalue weighted by Crippen LogP contribution is 2.22. The first-order chi connectivity index (χ1) is 12.4. The number of ketones is 1. The van der Waals surface area contributed by atoms with E-state index in [0.717, 1.165) is 11.3 Å². The Hall–Kier alpha value is -3.03. The van der Waals surface area contributed by atoms with Crippen LogP contribution in [0.4, 0.5) is 0 Å². The highest BCUT2D eigenvalue weighted by atomic mass is 16.2. The molecular formula is C18H20N4O4. The maximum atomic E-state index is 12.4. The molecular weight excluding hydrogens is 336 g/mol. The van der Waals surface area contributed by atoms with Crippen LogP contribution in [-0.2, 0) is 9.59 Å².